The van der Waals surface area contributed by atoms with Gasteiger partial charge >= 0.3 is 0 Å². The number of aromatic nitrogens is 2. The molecule has 0 amide bonds. The maximum atomic E-state index is 4.52. The van der Waals surface area contributed by atoms with E-state index >= 15 is 0 Å². The fourth-order valence-corrected chi connectivity index (χ4v) is 5.45. The lowest BCUT2D eigenvalue weighted by Gasteiger charge is -2.18. The standard InChI is InChI=1S/C36H24N2/c1-3-11-32-30(9-1)35(27-18-14-25(15-19-27)29-8-7-22-37-24-29)31-10-2-4-12-33(31)36(32)28-20-16-26(17-21-28)34-13-5-6-23-38-34/h1-24H. The highest BCUT2D eigenvalue weighted by Gasteiger charge is 2.16. The van der Waals surface area contributed by atoms with Crippen LogP contribution in [0.5, 0.6) is 0 Å². The van der Waals surface area contributed by atoms with Crippen molar-refractivity contribution in [2.45, 2.75) is 0 Å². The van der Waals surface area contributed by atoms with Crippen LogP contribution in [0.3, 0.4) is 0 Å². The summed E-state index contributed by atoms with van der Waals surface area (Å²) < 4.78 is 0. The first-order chi connectivity index (χ1) is 18.9. The minimum atomic E-state index is 0.985. The van der Waals surface area contributed by atoms with Crippen LogP contribution < -0.4 is 0 Å². The van der Waals surface area contributed by atoms with E-state index in [0.717, 1.165) is 16.8 Å². The van der Waals surface area contributed by atoms with Gasteiger partial charge < -0.3 is 0 Å². The van der Waals surface area contributed by atoms with Crippen LogP contribution in [0.4, 0.5) is 0 Å². The summed E-state index contributed by atoms with van der Waals surface area (Å²) in [6.07, 6.45) is 5.56. The maximum Gasteiger partial charge on any atom is 0.0701 e. The summed E-state index contributed by atoms with van der Waals surface area (Å²) in [5, 5.41) is 5.01. The number of pyridine rings is 2. The molecule has 0 atom stereocenters. The number of rotatable bonds is 4. The fourth-order valence-electron chi connectivity index (χ4n) is 5.45. The second-order valence-corrected chi connectivity index (χ2v) is 9.45. The number of fused-ring (bicyclic) bond motifs is 2. The summed E-state index contributed by atoms with van der Waals surface area (Å²) in [6.45, 7) is 0. The van der Waals surface area contributed by atoms with Crippen molar-refractivity contribution in [3.05, 3.63) is 146 Å². The summed E-state index contributed by atoms with van der Waals surface area (Å²) in [4.78, 5) is 8.80. The summed E-state index contributed by atoms with van der Waals surface area (Å²) >= 11 is 0. The first-order valence-corrected chi connectivity index (χ1v) is 12.8. The zero-order valence-electron chi connectivity index (χ0n) is 20.8. The monoisotopic (exact) mass is 484 g/mol. The van der Waals surface area contributed by atoms with E-state index in [0.29, 0.717) is 0 Å². The Labute approximate surface area is 221 Å². The van der Waals surface area contributed by atoms with E-state index in [4.69, 9.17) is 0 Å². The molecule has 2 aromatic heterocycles. The third-order valence-electron chi connectivity index (χ3n) is 7.23. The zero-order valence-corrected chi connectivity index (χ0v) is 20.8. The van der Waals surface area contributed by atoms with Gasteiger partial charge in [-0.05, 0) is 73.1 Å². The molecular weight excluding hydrogens is 460 g/mol. The molecule has 178 valence electrons. The van der Waals surface area contributed by atoms with Crippen LogP contribution in [-0.4, -0.2) is 9.97 Å². The number of hydrogen-bond acceptors (Lipinski definition) is 2. The molecule has 2 heterocycles. The summed E-state index contributed by atoms with van der Waals surface area (Å²) in [6, 6.07) is 45.3. The summed E-state index contributed by atoms with van der Waals surface area (Å²) in [7, 11) is 0. The van der Waals surface area contributed by atoms with Crippen LogP contribution in [0, 0.1) is 0 Å². The van der Waals surface area contributed by atoms with E-state index in [1.165, 1.54) is 49.4 Å². The first-order valence-electron chi connectivity index (χ1n) is 12.8. The highest BCUT2D eigenvalue weighted by atomic mass is 14.7. The van der Waals surface area contributed by atoms with E-state index in [1.54, 1.807) is 0 Å². The fraction of sp³-hybridized carbons (Fsp3) is 0. The molecule has 7 aromatic rings. The van der Waals surface area contributed by atoms with Gasteiger partial charge in [-0.15, -0.1) is 0 Å². The number of hydrogen-bond donors (Lipinski definition) is 0. The van der Waals surface area contributed by atoms with Crippen molar-refractivity contribution in [3.63, 3.8) is 0 Å². The molecule has 2 nitrogen and oxygen atoms in total. The first kappa shape index (κ1) is 22.1. The maximum absolute atomic E-state index is 4.52. The Morgan fingerprint density at radius 2 is 0.842 bits per heavy atom. The molecule has 0 aliphatic heterocycles. The number of benzene rings is 5. The van der Waals surface area contributed by atoms with Gasteiger partial charge in [0.05, 0.1) is 5.69 Å². The average Bonchev–Trinajstić information content (AvgIpc) is 3.01. The predicted molar refractivity (Wildman–Crippen MR) is 159 cm³/mol. The topological polar surface area (TPSA) is 25.8 Å². The molecule has 0 unspecified atom stereocenters. The second kappa shape index (κ2) is 9.42. The Hall–Kier alpha value is -5.08. The van der Waals surface area contributed by atoms with Crippen LogP contribution in [0.2, 0.25) is 0 Å². The van der Waals surface area contributed by atoms with Gasteiger partial charge in [0.25, 0.3) is 0 Å². The van der Waals surface area contributed by atoms with Crippen LogP contribution in [0.25, 0.3) is 66.2 Å². The van der Waals surface area contributed by atoms with Crippen LogP contribution >= 0.6 is 0 Å². The van der Waals surface area contributed by atoms with Gasteiger partial charge in [0.1, 0.15) is 0 Å². The molecule has 0 fully saturated rings. The summed E-state index contributed by atoms with van der Waals surface area (Å²) in [5.74, 6) is 0. The minimum Gasteiger partial charge on any atom is -0.264 e. The Balaban J connectivity index is 1.43. The second-order valence-electron chi connectivity index (χ2n) is 9.45. The third kappa shape index (κ3) is 3.84. The number of nitrogens with zero attached hydrogens (tertiary/aromatic N) is 2. The lowest BCUT2D eigenvalue weighted by Crippen LogP contribution is -1.91. The van der Waals surface area contributed by atoms with Crippen LogP contribution in [0.15, 0.2) is 146 Å². The van der Waals surface area contributed by atoms with E-state index in [-0.39, 0.29) is 0 Å². The van der Waals surface area contributed by atoms with Crippen LogP contribution in [0.1, 0.15) is 0 Å². The molecule has 0 aliphatic rings. The Bertz CT molecular complexity index is 1680. The SMILES string of the molecule is c1ccc(-c2ccc(-c3c4ccccc4c(-c4ccc(-c5cccnc5)cc4)c4ccccc34)cc2)nc1. The smallest absolute Gasteiger partial charge is 0.0701 e. The molecule has 0 saturated carbocycles. The van der Waals surface area contributed by atoms with Gasteiger partial charge in [0.15, 0.2) is 0 Å². The third-order valence-corrected chi connectivity index (χ3v) is 7.23. The van der Waals surface area contributed by atoms with Gasteiger partial charge in [-0.1, -0.05) is 109 Å². The van der Waals surface area contributed by atoms with Gasteiger partial charge in [-0.2, -0.15) is 0 Å². The molecule has 0 spiro atoms. The Morgan fingerprint density at radius 1 is 0.342 bits per heavy atom. The quantitative estimate of drug-likeness (QED) is 0.233. The van der Waals surface area contributed by atoms with Gasteiger partial charge in [-0.3, -0.25) is 9.97 Å². The van der Waals surface area contributed by atoms with E-state index in [2.05, 4.69) is 113 Å². The van der Waals surface area contributed by atoms with Crippen molar-refractivity contribution >= 4 is 21.5 Å². The van der Waals surface area contributed by atoms with Crippen molar-refractivity contribution in [2.75, 3.05) is 0 Å². The highest BCUT2D eigenvalue weighted by molar-refractivity contribution is 6.21. The van der Waals surface area contributed by atoms with Crippen molar-refractivity contribution in [3.8, 4) is 44.6 Å². The molecular formula is C36H24N2. The largest absolute Gasteiger partial charge is 0.264 e. The lowest BCUT2D eigenvalue weighted by atomic mass is 9.85. The zero-order chi connectivity index (χ0) is 25.3. The molecule has 0 aliphatic carbocycles. The van der Waals surface area contributed by atoms with Crippen molar-refractivity contribution in [2.24, 2.45) is 0 Å². The van der Waals surface area contributed by atoms with Crippen molar-refractivity contribution < 1.29 is 0 Å². The van der Waals surface area contributed by atoms with Gasteiger partial charge in [0.2, 0.25) is 0 Å². The van der Waals surface area contributed by atoms with Crippen LogP contribution in [-0.2, 0) is 0 Å². The molecule has 2 heteroatoms. The Kier molecular flexibility index (Phi) is 5.49. The molecule has 7 rings (SSSR count). The molecule has 0 radical (unpaired) electrons. The lowest BCUT2D eigenvalue weighted by molar-refractivity contribution is 1.33. The molecule has 0 saturated heterocycles. The van der Waals surface area contributed by atoms with Crippen molar-refractivity contribution in [1.29, 1.82) is 0 Å². The van der Waals surface area contributed by atoms with Gasteiger partial charge in [-0.25, -0.2) is 0 Å². The Morgan fingerprint density at radius 3 is 1.32 bits per heavy atom. The van der Waals surface area contributed by atoms with Crippen molar-refractivity contribution in [1.82, 2.24) is 9.97 Å². The van der Waals surface area contributed by atoms with E-state index in [1.807, 2.05) is 42.9 Å². The summed E-state index contributed by atoms with van der Waals surface area (Å²) in [5.41, 5.74) is 9.34. The normalized spacial score (nSPS) is 11.2. The minimum absolute atomic E-state index is 0.985. The van der Waals surface area contributed by atoms with Gasteiger partial charge in [0, 0.05) is 24.2 Å². The molecule has 38 heavy (non-hydrogen) atoms. The average molecular weight is 485 g/mol. The molecule has 0 N–H and O–H groups in total. The molecule has 0 bridgehead atoms. The molecule has 5 aromatic carbocycles. The van der Waals surface area contributed by atoms with E-state index < -0.39 is 0 Å². The highest BCUT2D eigenvalue weighted by Crippen LogP contribution is 2.44. The van der Waals surface area contributed by atoms with E-state index in [9.17, 15) is 0 Å². The predicted octanol–water partition coefficient (Wildman–Crippen LogP) is 9.45.